The molecule has 1 aliphatic carbocycles. The van der Waals surface area contributed by atoms with Crippen molar-refractivity contribution in [2.45, 2.75) is 50.6 Å². The lowest BCUT2D eigenvalue weighted by Crippen LogP contribution is -2.53. The molecule has 1 saturated carbocycles. The fourth-order valence-corrected chi connectivity index (χ4v) is 3.63. The van der Waals surface area contributed by atoms with Crippen LogP contribution in [0.1, 0.15) is 50.6 Å². The summed E-state index contributed by atoms with van der Waals surface area (Å²) in [5.41, 5.74) is 7.35. The number of nitrogens with zero attached hydrogens (tertiary/aromatic N) is 1. The van der Waals surface area contributed by atoms with Gasteiger partial charge in [0.2, 0.25) is 0 Å². The van der Waals surface area contributed by atoms with Gasteiger partial charge < -0.3 is 21.1 Å². The lowest BCUT2D eigenvalue weighted by Gasteiger charge is -2.39. The van der Waals surface area contributed by atoms with E-state index in [1.165, 1.54) is 24.8 Å². The normalized spacial score (nSPS) is 22.2. The fourth-order valence-electron chi connectivity index (χ4n) is 3.63. The van der Waals surface area contributed by atoms with Crippen LogP contribution in [0.3, 0.4) is 0 Å². The summed E-state index contributed by atoms with van der Waals surface area (Å²) in [7, 11) is 0. The Kier molecular flexibility index (Phi) is 6.32. The van der Waals surface area contributed by atoms with Gasteiger partial charge in [-0.3, -0.25) is 4.99 Å². The summed E-state index contributed by atoms with van der Waals surface area (Å²) in [6, 6.07) is 10.8. The van der Waals surface area contributed by atoms with E-state index in [4.69, 9.17) is 10.5 Å². The van der Waals surface area contributed by atoms with E-state index in [0.717, 1.165) is 38.5 Å². The van der Waals surface area contributed by atoms with Crippen LogP contribution in [0.5, 0.6) is 0 Å². The van der Waals surface area contributed by atoms with Crippen molar-refractivity contribution in [3.8, 4) is 0 Å². The second-order valence-electron chi connectivity index (χ2n) is 7.55. The molecule has 1 saturated heterocycles. The lowest BCUT2D eigenvalue weighted by molar-refractivity contribution is 0.0374. The predicted octanol–water partition coefficient (Wildman–Crippen LogP) is 2.59. The van der Waals surface area contributed by atoms with Gasteiger partial charge >= 0.3 is 0 Å². The van der Waals surface area contributed by atoms with Crippen LogP contribution in [0.4, 0.5) is 0 Å². The van der Waals surface area contributed by atoms with Crippen LogP contribution >= 0.6 is 0 Å². The van der Waals surface area contributed by atoms with E-state index in [-0.39, 0.29) is 11.6 Å². The summed E-state index contributed by atoms with van der Waals surface area (Å²) in [6.45, 7) is 5.42. The third kappa shape index (κ3) is 5.19. The second-order valence-corrected chi connectivity index (χ2v) is 7.55. The van der Waals surface area contributed by atoms with Crippen LogP contribution in [0.15, 0.2) is 35.3 Å². The molecule has 0 amide bonds. The van der Waals surface area contributed by atoms with Gasteiger partial charge in [0.1, 0.15) is 0 Å². The van der Waals surface area contributed by atoms with Crippen molar-refractivity contribution in [3.05, 3.63) is 35.9 Å². The molecule has 0 radical (unpaired) electrons. The Morgan fingerprint density at radius 1 is 1.28 bits per heavy atom. The first-order valence-corrected chi connectivity index (χ1v) is 9.61. The van der Waals surface area contributed by atoms with Gasteiger partial charge in [-0.05, 0) is 44.1 Å². The molecular weight excluding hydrogens is 312 g/mol. The number of hydrogen-bond acceptors (Lipinski definition) is 3. The number of benzene rings is 1. The SMILES string of the molecule is CC(NC1(CN=C(N)NCC2CCC2)CCOCC1)c1ccccc1. The van der Waals surface area contributed by atoms with Crippen molar-refractivity contribution < 1.29 is 4.74 Å². The van der Waals surface area contributed by atoms with E-state index < -0.39 is 0 Å². The van der Waals surface area contributed by atoms with E-state index >= 15 is 0 Å². The summed E-state index contributed by atoms with van der Waals surface area (Å²) in [5, 5.41) is 7.12. The van der Waals surface area contributed by atoms with Gasteiger partial charge in [-0.1, -0.05) is 36.8 Å². The molecule has 0 spiro atoms. The molecule has 1 heterocycles. The number of guanidine groups is 1. The van der Waals surface area contributed by atoms with E-state index in [9.17, 15) is 0 Å². The van der Waals surface area contributed by atoms with Gasteiger partial charge in [0.15, 0.2) is 5.96 Å². The molecular formula is C20H32N4O. The smallest absolute Gasteiger partial charge is 0.188 e. The number of hydrogen-bond donors (Lipinski definition) is 3. The minimum absolute atomic E-state index is 0.0454. The largest absolute Gasteiger partial charge is 0.381 e. The predicted molar refractivity (Wildman–Crippen MR) is 103 cm³/mol. The standard InChI is InChI=1S/C20H32N4O/c1-16(18-8-3-2-4-9-18)24-20(10-12-25-13-11-20)15-23-19(21)22-14-17-6-5-7-17/h2-4,8-9,16-17,24H,5-7,10-15H2,1H3,(H3,21,22,23). The molecule has 25 heavy (non-hydrogen) atoms. The molecule has 4 N–H and O–H groups in total. The van der Waals surface area contributed by atoms with Crippen LogP contribution in [0, 0.1) is 5.92 Å². The molecule has 138 valence electrons. The molecule has 2 fully saturated rings. The third-order valence-electron chi connectivity index (χ3n) is 5.62. The molecule has 5 nitrogen and oxygen atoms in total. The van der Waals surface area contributed by atoms with Crippen molar-refractivity contribution in [2.24, 2.45) is 16.6 Å². The van der Waals surface area contributed by atoms with E-state index in [0.29, 0.717) is 12.5 Å². The number of nitrogens with one attached hydrogen (secondary N) is 2. The summed E-state index contributed by atoms with van der Waals surface area (Å²) in [4.78, 5) is 4.66. The molecule has 1 aliphatic heterocycles. The molecule has 1 aromatic rings. The molecule has 1 atom stereocenters. The van der Waals surface area contributed by atoms with Crippen LogP contribution in [-0.2, 0) is 4.74 Å². The van der Waals surface area contributed by atoms with Crippen molar-refractivity contribution in [1.29, 1.82) is 0 Å². The molecule has 5 heteroatoms. The maximum absolute atomic E-state index is 6.10. The minimum atomic E-state index is -0.0454. The summed E-state index contributed by atoms with van der Waals surface area (Å²) in [6.07, 6.45) is 5.91. The van der Waals surface area contributed by atoms with Crippen molar-refractivity contribution in [3.63, 3.8) is 0 Å². The maximum atomic E-state index is 6.10. The average molecular weight is 345 g/mol. The highest BCUT2D eigenvalue weighted by Crippen LogP contribution is 2.26. The highest BCUT2D eigenvalue weighted by atomic mass is 16.5. The Labute approximate surface area is 151 Å². The summed E-state index contributed by atoms with van der Waals surface area (Å²) in [5.74, 6) is 1.36. The number of aliphatic imine (C=N–C) groups is 1. The molecule has 1 aromatic carbocycles. The zero-order chi connectivity index (χ0) is 17.5. The molecule has 1 unspecified atom stereocenters. The molecule has 0 aromatic heterocycles. The van der Waals surface area contributed by atoms with Crippen LogP contribution in [0.2, 0.25) is 0 Å². The zero-order valence-electron chi connectivity index (χ0n) is 15.3. The van der Waals surface area contributed by atoms with Crippen LogP contribution in [0.25, 0.3) is 0 Å². The van der Waals surface area contributed by atoms with Gasteiger partial charge in [0.05, 0.1) is 6.54 Å². The van der Waals surface area contributed by atoms with Gasteiger partial charge in [-0.25, -0.2) is 0 Å². The molecule has 2 aliphatic rings. The van der Waals surface area contributed by atoms with Gasteiger partial charge in [0.25, 0.3) is 0 Å². The summed E-state index contributed by atoms with van der Waals surface area (Å²) >= 11 is 0. The first kappa shape index (κ1) is 18.2. The number of ether oxygens (including phenoxy) is 1. The van der Waals surface area contributed by atoms with Crippen molar-refractivity contribution >= 4 is 5.96 Å². The first-order chi connectivity index (χ1) is 12.2. The van der Waals surface area contributed by atoms with Crippen molar-refractivity contribution in [1.82, 2.24) is 10.6 Å². The Morgan fingerprint density at radius 3 is 2.64 bits per heavy atom. The van der Waals surface area contributed by atoms with E-state index in [1.807, 2.05) is 0 Å². The Balaban J connectivity index is 1.59. The minimum Gasteiger partial charge on any atom is -0.381 e. The molecule has 3 rings (SSSR count). The first-order valence-electron chi connectivity index (χ1n) is 9.61. The number of nitrogens with two attached hydrogens (primary N) is 1. The van der Waals surface area contributed by atoms with Crippen molar-refractivity contribution in [2.75, 3.05) is 26.3 Å². The average Bonchev–Trinajstić information content (AvgIpc) is 2.60. The van der Waals surface area contributed by atoms with Crippen LogP contribution in [-0.4, -0.2) is 37.8 Å². The van der Waals surface area contributed by atoms with Gasteiger partial charge in [0, 0.05) is 31.3 Å². The molecule has 0 bridgehead atoms. The fraction of sp³-hybridized carbons (Fsp3) is 0.650. The lowest BCUT2D eigenvalue weighted by atomic mass is 9.85. The summed E-state index contributed by atoms with van der Waals surface area (Å²) < 4.78 is 5.58. The Morgan fingerprint density at radius 2 is 2.00 bits per heavy atom. The highest BCUT2D eigenvalue weighted by molar-refractivity contribution is 5.77. The Bertz CT molecular complexity index is 550. The van der Waals surface area contributed by atoms with Gasteiger partial charge in [-0.2, -0.15) is 0 Å². The van der Waals surface area contributed by atoms with E-state index in [1.54, 1.807) is 0 Å². The maximum Gasteiger partial charge on any atom is 0.188 e. The van der Waals surface area contributed by atoms with E-state index in [2.05, 4.69) is 52.9 Å². The third-order valence-corrected chi connectivity index (χ3v) is 5.62. The topological polar surface area (TPSA) is 71.7 Å². The second kappa shape index (κ2) is 8.68. The zero-order valence-corrected chi connectivity index (χ0v) is 15.3. The Hall–Kier alpha value is -1.59. The highest BCUT2D eigenvalue weighted by Gasteiger charge is 2.33. The quantitative estimate of drug-likeness (QED) is 0.525. The van der Waals surface area contributed by atoms with Gasteiger partial charge in [-0.15, -0.1) is 0 Å². The monoisotopic (exact) mass is 344 g/mol. The van der Waals surface area contributed by atoms with Crippen LogP contribution < -0.4 is 16.4 Å². The number of rotatable bonds is 7.